The second-order valence-electron chi connectivity index (χ2n) is 40.6. The second-order valence-corrected chi connectivity index (χ2v) is 62.1. The molecule has 0 spiro atoms. The number of H-pyrrole nitrogens is 1. The molecule has 26 nitrogen and oxygen atoms in total. The average Bonchev–Trinajstić information content (AvgIpc) is 1.59. The van der Waals surface area contributed by atoms with Crippen molar-refractivity contribution in [1.29, 1.82) is 0 Å². The molecule has 0 saturated carbocycles. The predicted molar refractivity (Wildman–Crippen MR) is 498 cm³/mol. The summed E-state index contributed by atoms with van der Waals surface area (Å²) in [7, 11) is -6.85. The van der Waals surface area contributed by atoms with Crippen molar-refractivity contribution < 1.29 is 115 Å². The van der Waals surface area contributed by atoms with E-state index in [2.05, 4.69) is 138 Å². The number of fused-ring (bicyclic) bond motifs is 6. The van der Waals surface area contributed by atoms with Gasteiger partial charge in [-0.1, -0.05) is 80.8 Å². The Kier molecular flexibility index (Phi) is 29.4. The highest BCUT2D eigenvalue weighted by molar-refractivity contribution is 9.10. The van der Waals surface area contributed by atoms with Gasteiger partial charge in [-0.2, -0.15) is 8.78 Å². The van der Waals surface area contributed by atoms with Crippen LogP contribution in [0.1, 0.15) is 41.5 Å². The fourth-order valence-electron chi connectivity index (χ4n) is 17.2. The fraction of sp³-hybridized carbons (Fsp3) is 0.581. The van der Waals surface area contributed by atoms with Crippen LogP contribution in [0.3, 0.4) is 0 Å². The van der Waals surface area contributed by atoms with Gasteiger partial charge in [-0.15, -0.1) is 0 Å². The van der Waals surface area contributed by atoms with E-state index in [0.29, 0.717) is 161 Å². The highest BCUT2D eigenvalue weighted by Gasteiger charge is 2.56. The topological polar surface area (TPSA) is 242 Å². The SMILES string of the molecule is CC(C)(C)[Si](C)(C)O[C@@H]1CO[C@H]2[C@@H]1OC[C@H]2Oc1c(Br)c2nc(-c3c(F)cc(N4CCOCC4)cc3F)ccc2n1COCC[Si](C)(C)C.CC(C)(C)[Si](C)(C)O[C@@H]1CO[C@H]2[C@@H]1OC[C@H]2Oc1c(F)c2nc(-c3c(F)cc(N4CCOCC4)cc3F)ccc2n1COCC[Si](C)(C)C.O[C@@H]1CO[C@H]2[C@@H]1OC[C@H]2Oc1[nH]c2ccc(-c3c(F)cc(N4CCOCC4)cc3F)nc2c1F. The van der Waals surface area contributed by atoms with Crippen LogP contribution in [-0.2, 0) is 74.4 Å². The summed E-state index contributed by atoms with van der Waals surface area (Å²) in [6, 6.07) is 19.2. The number of benzene rings is 3. The van der Waals surface area contributed by atoms with Crippen molar-refractivity contribution in [3.63, 3.8) is 0 Å². The first kappa shape index (κ1) is 97.8. The molecule has 3 aromatic carbocycles. The van der Waals surface area contributed by atoms with Crippen molar-refractivity contribution in [2.75, 3.05) is 146 Å². The van der Waals surface area contributed by atoms with E-state index in [-0.39, 0.29) is 130 Å². The summed E-state index contributed by atoms with van der Waals surface area (Å²) < 4.78 is 224. The van der Waals surface area contributed by atoms with E-state index in [1.165, 1.54) is 54.6 Å². The van der Waals surface area contributed by atoms with Crippen molar-refractivity contribution in [3.05, 3.63) is 124 Å². The lowest BCUT2D eigenvalue weighted by Gasteiger charge is -2.39. The molecule has 9 aliphatic heterocycles. The van der Waals surface area contributed by atoms with Gasteiger partial charge in [0.2, 0.25) is 29.3 Å². The molecule has 0 aliphatic carbocycles. The fourth-order valence-corrected chi connectivity index (χ4v) is 21.9. The molecule has 39 heteroatoms. The summed E-state index contributed by atoms with van der Waals surface area (Å²) in [5.74, 6) is -5.75. The number of aliphatic hydroxyl groups excluding tert-OH is 1. The molecule has 9 fully saturated rings. The number of ether oxygens (including phenoxy) is 14. The van der Waals surface area contributed by atoms with Crippen LogP contribution in [0, 0.1) is 46.5 Å². The van der Waals surface area contributed by atoms with Gasteiger partial charge in [0.05, 0.1) is 142 Å². The summed E-state index contributed by atoms with van der Waals surface area (Å²) in [5, 5.41) is 9.93. The zero-order valence-corrected chi connectivity index (χ0v) is 83.4. The molecule has 0 amide bonds. The number of aliphatic hydroxyl groups is 1. The zero-order chi connectivity index (χ0) is 94.0. The van der Waals surface area contributed by atoms with Gasteiger partial charge in [-0.25, -0.2) is 41.3 Å². The Balaban J connectivity index is 0.000000147. The minimum absolute atomic E-state index is 0.0118. The second kappa shape index (κ2) is 39.7. The Morgan fingerprint density at radius 1 is 0.417 bits per heavy atom. The molecule has 9 aromatic rings. The van der Waals surface area contributed by atoms with Crippen molar-refractivity contribution in [1.82, 2.24) is 29.1 Å². The third-order valence-electron chi connectivity index (χ3n) is 26.8. The predicted octanol–water partition coefficient (Wildman–Crippen LogP) is 17.4. The molecule has 12 atom stereocenters. The Morgan fingerprint density at radius 2 is 0.750 bits per heavy atom. The molecule has 18 rings (SSSR count). The van der Waals surface area contributed by atoms with Gasteiger partial charge < -0.3 is 100.0 Å². The van der Waals surface area contributed by atoms with Crippen LogP contribution in [0.15, 0.2) is 77.3 Å². The summed E-state index contributed by atoms with van der Waals surface area (Å²) in [6.45, 7) is 45.0. The van der Waals surface area contributed by atoms with E-state index in [4.69, 9.17) is 80.2 Å². The maximum Gasteiger partial charge on any atom is 0.235 e. The van der Waals surface area contributed by atoms with Gasteiger partial charge in [-0.3, -0.25) is 9.13 Å². The maximum atomic E-state index is 16.5. The summed E-state index contributed by atoms with van der Waals surface area (Å²) in [5.41, 5.74) is 2.39. The lowest BCUT2D eigenvalue weighted by Crippen LogP contribution is -2.47. The molecule has 0 bridgehead atoms. The first-order valence-electron chi connectivity index (χ1n) is 45.5. The lowest BCUT2D eigenvalue weighted by atomic mass is 10.1. The number of halogens is 9. The molecule has 6 aromatic heterocycles. The minimum Gasteiger partial charge on any atom is -0.469 e. The maximum absolute atomic E-state index is 16.5. The molecule has 0 unspecified atom stereocenters. The van der Waals surface area contributed by atoms with Crippen molar-refractivity contribution >= 4 is 98.9 Å². The first-order chi connectivity index (χ1) is 62.6. The van der Waals surface area contributed by atoms with Gasteiger partial charge in [0.1, 0.15) is 112 Å². The average molecular weight is 1980 g/mol. The summed E-state index contributed by atoms with van der Waals surface area (Å²) in [4.78, 5) is 21.9. The molecule has 2 N–H and O–H groups in total. The van der Waals surface area contributed by atoms with Crippen molar-refractivity contribution in [2.45, 2.75) is 216 Å². The Hall–Kier alpha value is -7.24. The van der Waals surface area contributed by atoms with Gasteiger partial charge in [-0.05, 0) is 137 Å². The molecule has 720 valence electrons. The molecule has 132 heavy (non-hydrogen) atoms. The van der Waals surface area contributed by atoms with Crippen LogP contribution in [0.25, 0.3) is 66.9 Å². The number of anilines is 3. The van der Waals surface area contributed by atoms with Crippen LogP contribution >= 0.6 is 15.9 Å². The van der Waals surface area contributed by atoms with E-state index >= 15 is 26.3 Å². The molecule has 0 radical (unpaired) electrons. The van der Waals surface area contributed by atoms with Crippen LogP contribution in [0.5, 0.6) is 17.6 Å². The van der Waals surface area contributed by atoms with E-state index < -0.39 is 122 Å². The quantitative estimate of drug-likeness (QED) is 0.0291. The number of aromatic amines is 1. The molecule has 9 aliphatic rings. The first-order valence-corrected chi connectivity index (χ1v) is 59.5. The van der Waals surface area contributed by atoms with E-state index in [9.17, 15) is 13.9 Å². The number of hydrogen-bond donors (Lipinski definition) is 2. The van der Waals surface area contributed by atoms with Gasteiger partial charge in [0.25, 0.3) is 0 Å². The van der Waals surface area contributed by atoms with E-state index in [1.807, 2.05) is 25.3 Å². The molecule has 15 heterocycles. The third kappa shape index (κ3) is 21.1. The lowest BCUT2D eigenvalue weighted by molar-refractivity contribution is 0.00722. The van der Waals surface area contributed by atoms with Gasteiger partial charge >= 0.3 is 0 Å². The highest BCUT2D eigenvalue weighted by Crippen LogP contribution is 2.47. The van der Waals surface area contributed by atoms with Crippen LogP contribution in [-0.4, -0.2) is 272 Å². The van der Waals surface area contributed by atoms with Gasteiger partial charge in [0, 0.05) is 85.7 Å². The van der Waals surface area contributed by atoms with Crippen molar-refractivity contribution in [3.8, 4) is 51.4 Å². The number of aromatic nitrogens is 6. The highest BCUT2D eigenvalue weighted by atomic mass is 79.9. The minimum atomic E-state index is -2.10. The monoisotopic (exact) mass is 1980 g/mol. The van der Waals surface area contributed by atoms with Crippen molar-refractivity contribution in [2.24, 2.45) is 0 Å². The molecule has 9 saturated heterocycles. The molecular formula is C93H122BrF8N9O17Si4. The zero-order valence-electron chi connectivity index (χ0n) is 77.8. The Bertz CT molecular complexity index is 5300. The van der Waals surface area contributed by atoms with Crippen LogP contribution in [0.4, 0.5) is 52.2 Å². The number of hydrogen-bond acceptors (Lipinski definition) is 23. The van der Waals surface area contributed by atoms with Gasteiger partial charge in [0.15, 0.2) is 34.9 Å². The number of nitrogens with zero attached hydrogens (tertiary/aromatic N) is 8. The normalized spacial score (nSPS) is 24.3. The smallest absolute Gasteiger partial charge is 0.235 e. The Morgan fingerprint density at radius 3 is 1.16 bits per heavy atom. The number of morpholine rings is 3. The van der Waals surface area contributed by atoms with Crippen LogP contribution < -0.4 is 28.9 Å². The number of nitrogens with one attached hydrogen (secondary N) is 1. The van der Waals surface area contributed by atoms with E-state index in [1.54, 1.807) is 16.7 Å². The summed E-state index contributed by atoms with van der Waals surface area (Å²) in [6.07, 6.45) is -5.17. The van der Waals surface area contributed by atoms with E-state index in [0.717, 1.165) is 12.1 Å². The Labute approximate surface area is 776 Å². The molecular weight excluding hydrogens is 1860 g/mol. The summed E-state index contributed by atoms with van der Waals surface area (Å²) >= 11 is 3.74. The van der Waals surface area contributed by atoms with Crippen LogP contribution in [0.2, 0.25) is 87.6 Å². The third-order valence-corrected chi connectivity index (χ3v) is 39.9. The number of rotatable bonds is 26. The standard InChI is InChI=1S/C35H50BrF2N3O6Si2.C35H50F3N3O6Si2.C23H22F3N3O5/c1-35(2,3)49(7,8)47-28-20-45-32-27(19-44-33(28)32)46-34-30(36)31-26(41(34)21-43-15-16-48(4,5)6)10-9-25(39-31)29-23(37)17-22(18-24(29)38)40-11-13-42-14-12-40;1-35(2,3)49(7,8)47-28-20-45-32-27(19-44-33(28)32)46-34-30(38)31-26(41(34)21-43-15-16-48(4,5)6)10-9-25(39-31)29-23(36)17-22(18-24(29)37)40-11-13-42-14-12-40;24-12-7-11(29-3-5-31-6-4-29)8-13(25)18(12)14-1-2-15-20(27-14)19(26)23(28-15)34-17-10-33-21-16(30)9-32-22(17)21/h2*9-10,17-18,27-28,32-33H,11-16,19-21H2,1-8H3;1-2,7-8,16-17,21-22,28,30H,3-6,9-10H2/t2*27-,28-,32-,33-;16-,17-,21-,22-/m111/s1. The largest absolute Gasteiger partial charge is 0.469 e. The number of pyridine rings is 3.